The number of benzene rings is 2. The molecule has 0 saturated heterocycles. The highest BCUT2D eigenvalue weighted by Gasteiger charge is 2.20. The molecule has 25 heavy (non-hydrogen) atoms. The summed E-state index contributed by atoms with van der Waals surface area (Å²) in [5, 5.41) is 10.3. The Labute approximate surface area is 146 Å². The van der Waals surface area contributed by atoms with Gasteiger partial charge in [0, 0.05) is 16.5 Å². The Morgan fingerprint density at radius 2 is 1.96 bits per heavy atom. The molecule has 0 aliphatic rings. The summed E-state index contributed by atoms with van der Waals surface area (Å²) in [4.78, 5) is 14.8. The topological polar surface area (TPSA) is 71.5 Å². The van der Waals surface area contributed by atoms with Crippen molar-refractivity contribution in [2.24, 2.45) is 0 Å². The summed E-state index contributed by atoms with van der Waals surface area (Å²) in [6.45, 7) is 2.08. The van der Waals surface area contributed by atoms with Gasteiger partial charge in [-0.05, 0) is 41.8 Å². The molecule has 5 heteroatoms. The maximum atomic E-state index is 11.5. The first-order valence-electron chi connectivity index (χ1n) is 8.15. The number of para-hydroxylation sites is 1. The van der Waals surface area contributed by atoms with Gasteiger partial charge in [0.05, 0.1) is 26.3 Å². The number of aryl methyl sites for hydroxylation is 1. The SMILES string of the molecule is CCc1ccc2[nH]c(-c3cccc(OC)c3OC)c(CC(=O)O)c2c1. The number of aliphatic carboxylic acids is 1. The normalized spacial score (nSPS) is 10.8. The fraction of sp³-hybridized carbons (Fsp3) is 0.250. The van der Waals surface area contributed by atoms with Crippen LogP contribution >= 0.6 is 0 Å². The van der Waals surface area contributed by atoms with Gasteiger partial charge in [0.15, 0.2) is 11.5 Å². The Morgan fingerprint density at radius 1 is 1.16 bits per heavy atom. The van der Waals surface area contributed by atoms with Crippen LogP contribution in [0.2, 0.25) is 0 Å². The van der Waals surface area contributed by atoms with Crippen LogP contribution in [-0.2, 0) is 17.6 Å². The first-order valence-corrected chi connectivity index (χ1v) is 8.15. The van der Waals surface area contributed by atoms with Crippen LogP contribution in [0.25, 0.3) is 22.2 Å². The number of fused-ring (bicyclic) bond motifs is 1. The molecule has 0 aliphatic heterocycles. The summed E-state index contributed by atoms with van der Waals surface area (Å²) < 4.78 is 10.9. The van der Waals surface area contributed by atoms with Crippen molar-refractivity contribution in [1.82, 2.24) is 4.98 Å². The number of aromatic amines is 1. The van der Waals surface area contributed by atoms with Gasteiger partial charge in [0.2, 0.25) is 0 Å². The van der Waals surface area contributed by atoms with Gasteiger partial charge in [-0.15, -0.1) is 0 Å². The van der Waals surface area contributed by atoms with Gasteiger partial charge in [0.25, 0.3) is 0 Å². The Balaban J connectivity index is 2.30. The van der Waals surface area contributed by atoms with E-state index in [0.29, 0.717) is 11.5 Å². The molecular weight excluding hydrogens is 318 g/mol. The molecule has 0 saturated carbocycles. The molecule has 1 aromatic heterocycles. The second kappa shape index (κ2) is 6.89. The van der Waals surface area contributed by atoms with Crippen LogP contribution in [0.15, 0.2) is 36.4 Å². The molecule has 2 N–H and O–H groups in total. The third kappa shape index (κ3) is 3.05. The Morgan fingerprint density at radius 3 is 2.60 bits per heavy atom. The van der Waals surface area contributed by atoms with Crippen LogP contribution in [0, 0.1) is 0 Å². The van der Waals surface area contributed by atoms with E-state index in [-0.39, 0.29) is 6.42 Å². The van der Waals surface area contributed by atoms with E-state index in [0.717, 1.165) is 34.1 Å². The fourth-order valence-corrected chi connectivity index (χ4v) is 3.16. The van der Waals surface area contributed by atoms with E-state index in [2.05, 4.69) is 24.0 Å². The van der Waals surface area contributed by atoms with Crippen LogP contribution < -0.4 is 9.47 Å². The predicted molar refractivity (Wildman–Crippen MR) is 97.6 cm³/mol. The van der Waals surface area contributed by atoms with Gasteiger partial charge >= 0.3 is 5.97 Å². The van der Waals surface area contributed by atoms with Crippen molar-refractivity contribution < 1.29 is 19.4 Å². The highest BCUT2D eigenvalue weighted by molar-refractivity contribution is 5.95. The largest absolute Gasteiger partial charge is 0.493 e. The van der Waals surface area contributed by atoms with Crippen molar-refractivity contribution >= 4 is 16.9 Å². The molecular formula is C20H21NO4. The van der Waals surface area contributed by atoms with Crippen molar-refractivity contribution in [3.63, 3.8) is 0 Å². The number of rotatable bonds is 6. The Hall–Kier alpha value is -2.95. The standard InChI is InChI=1S/C20H21NO4/c1-4-12-8-9-16-14(10-12)15(11-18(22)23)19(21-16)13-6-5-7-17(24-2)20(13)25-3/h5-10,21H,4,11H2,1-3H3,(H,22,23). The summed E-state index contributed by atoms with van der Waals surface area (Å²) in [7, 11) is 3.16. The summed E-state index contributed by atoms with van der Waals surface area (Å²) >= 11 is 0. The minimum absolute atomic E-state index is 0.0666. The first-order chi connectivity index (χ1) is 12.1. The van der Waals surface area contributed by atoms with Crippen LogP contribution in [0.5, 0.6) is 11.5 Å². The van der Waals surface area contributed by atoms with Gasteiger partial charge in [0.1, 0.15) is 0 Å². The molecule has 0 aliphatic carbocycles. The van der Waals surface area contributed by atoms with Gasteiger partial charge in [-0.1, -0.05) is 19.1 Å². The molecule has 130 valence electrons. The maximum absolute atomic E-state index is 11.5. The van der Waals surface area contributed by atoms with Gasteiger partial charge in [-0.2, -0.15) is 0 Å². The lowest BCUT2D eigenvalue weighted by molar-refractivity contribution is -0.136. The van der Waals surface area contributed by atoms with Gasteiger partial charge < -0.3 is 19.6 Å². The van der Waals surface area contributed by atoms with Crippen LogP contribution in [0.4, 0.5) is 0 Å². The van der Waals surface area contributed by atoms with Crippen molar-refractivity contribution in [3.8, 4) is 22.8 Å². The quantitative estimate of drug-likeness (QED) is 0.711. The molecule has 0 radical (unpaired) electrons. The summed E-state index contributed by atoms with van der Waals surface area (Å²) in [6.07, 6.45) is 0.828. The van der Waals surface area contributed by atoms with E-state index >= 15 is 0 Å². The zero-order valence-corrected chi connectivity index (χ0v) is 14.6. The second-order valence-electron chi connectivity index (χ2n) is 5.82. The lowest BCUT2D eigenvalue weighted by Gasteiger charge is -2.13. The minimum Gasteiger partial charge on any atom is -0.493 e. The van der Waals surface area contributed by atoms with Crippen LogP contribution in [-0.4, -0.2) is 30.3 Å². The number of carboxylic acid groups (broad SMARTS) is 1. The van der Waals surface area contributed by atoms with Gasteiger partial charge in [-0.25, -0.2) is 0 Å². The number of hydrogen-bond donors (Lipinski definition) is 2. The number of nitrogens with one attached hydrogen (secondary N) is 1. The highest BCUT2D eigenvalue weighted by Crippen LogP contribution is 2.41. The lowest BCUT2D eigenvalue weighted by atomic mass is 10.00. The van der Waals surface area contributed by atoms with E-state index in [4.69, 9.17) is 9.47 Å². The molecule has 0 amide bonds. The van der Waals surface area contributed by atoms with E-state index in [1.54, 1.807) is 14.2 Å². The monoisotopic (exact) mass is 339 g/mol. The number of H-pyrrole nitrogens is 1. The predicted octanol–water partition coefficient (Wildman–Crippen LogP) is 4.04. The molecule has 0 unspecified atom stereocenters. The van der Waals surface area contributed by atoms with Crippen LogP contribution in [0.3, 0.4) is 0 Å². The van der Waals surface area contributed by atoms with E-state index in [1.165, 1.54) is 5.56 Å². The average Bonchev–Trinajstić information content (AvgIpc) is 2.97. The minimum atomic E-state index is -0.870. The third-order valence-electron chi connectivity index (χ3n) is 4.38. The van der Waals surface area contributed by atoms with Crippen LogP contribution in [0.1, 0.15) is 18.1 Å². The zero-order chi connectivity index (χ0) is 18.0. The Kier molecular flexibility index (Phi) is 4.65. The Bertz CT molecular complexity index is 927. The van der Waals surface area contributed by atoms with Crippen molar-refractivity contribution in [2.75, 3.05) is 14.2 Å². The maximum Gasteiger partial charge on any atom is 0.307 e. The average molecular weight is 339 g/mol. The molecule has 0 atom stereocenters. The summed E-state index contributed by atoms with van der Waals surface area (Å²) in [5.74, 6) is 0.319. The first kappa shape index (κ1) is 16.9. The highest BCUT2D eigenvalue weighted by atomic mass is 16.5. The van der Waals surface area contributed by atoms with Gasteiger partial charge in [-0.3, -0.25) is 4.79 Å². The zero-order valence-electron chi connectivity index (χ0n) is 14.6. The van der Waals surface area contributed by atoms with Crippen molar-refractivity contribution in [3.05, 3.63) is 47.5 Å². The number of carbonyl (C=O) groups is 1. The molecule has 0 spiro atoms. The molecule has 0 bridgehead atoms. The second-order valence-corrected chi connectivity index (χ2v) is 5.82. The molecule has 3 rings (SSSR count). The van der Waals surface area contributed by atoms with Crippen molar-refractivity contribution in [2.45, 2.75) is 19.8 Å². The molecule has 0 fully saturated rings. The van der Waals surface area contributed by atoms with Crippen molar-refractivity contribution in [1.29, 1.82) is 0 Å². The summed E-state index contributed by atoms with van der Waals surface area (Å²) in [6, 6.07) is 11.7. The van der Waals surface area contributed by atoms with E-state index in [9.17, 15) is 9.90 Å². The third-order valence-corrected chi connectivity index (χ3v) is 4.38. The molecule has 3 aromatic rings. The molecule has 2 aromatic carbocycles. The molecule has 1 heterocycles. The molecule has 5 nitrogen and oxygen atoms in total. The van der Waals surface area contributed by atoms with E-state index < -0.39 is 5.97 Å². The van der Waals surface area contributed by atoms with E-state index in [1.807, 2.05) is 24.3 Å². The smallest absolute Gasteiger partial charge is 0.307 e. The number of ether oxygens (including phenoxy) is 2. The number of carboxylic acids is 1. The number of methoxy groups -OCH3 is 2. The summed E-state index contributed by atoms with van der Waals surface area (Å²) in [5.41, 5.74) is 4.37. The number of aromatic nitrogens is 1. The fourth-order valence-electron chi connectivity index (χ4n) is 3.16. The lowest BCUT2D eigenvalue weighted by Crippen LogP contribution is -2.02. The number of hydrogen-bond acceptors (Lipinski definition) is 3.